The fourth-order valence-electron chi connectivity index (χ4n) is 1.52. The van der Waals surface area contributed by atoms with Gasteiger partial charge < -0.3 is 14.8 Å². The third-order valence-electron chi connectivity index (χ3n) is 2.23. The van der Waals surface area contributed by atoms with E-state index in [1.54, 1.807) is 6.07 Å². The van der Waals surface area contributed by atoms with Crippen LogP contribution in [0.2, 0.25) is 10.0 Å². The lowest BCUT2D eigenvalue weighted by Gasteiger charge is -2.14. The van der Waals surface area contributed by atoms with E-state index in [2.05, 4.69) is 5.32 Å². The molecule has 0 saturated carbocycles. The van der Waals surface area contributed by atoms with E-state index in [0.717, 1.165) is 5.56 Å². The van der Waals surface area contributed by atoms with Crippen molar-refractivity contribution in [3.63, 3.8) is 0 Å². The summed E-state index contributed by atoms with van der Waals surface area (Å²) in [7, 11) is 1.86. The topological polar surface area (TPSA) is 30.5 Å². The molecule has 1 N–H and O–H groups in total. The van der Waals surface area contributed by atoms with Gasteiger partial charge in [0.1, 0.15) is 12.4 Å². The van der Waals surface area contributed by atoms with E-state index in [1.165, 1.54) is 0 Å². The second-order valence-corrected chi connectivity index (χ2v) is 5.02. The number of halogens is 2. The van der Waals surface area contributed by atoms with Crippen LogP contribution in [0.15, 0.2) is 12.1 Å². The number of hydrogen-bond acceptors (Lipinski definition) is 3. The number of rotatable bonds is 7. The van der Waals surface area contributed by atoms with Crippen molar-refractivity contribution >= 4 is 23.2 Å². The Labute approximate surface area is 118 Å². The third kappa shape index (κ3) is 5.02. The van der Waals surface area contributed by atoms with Crippen molar-refractivity contribution in [2.75, 3.05) is 20.3 Å². The van der Waals surface area contributed by atoms with Crippen LogP contribution in [-0.4, -0.2) is 26.4 Å². The summed E-state index contributed by atoms with van der Waals surface area (Å²) in [6.07, 6.45) is 0.200. The summed E-state index contributed by atoms with van der Waals surface area (Å²) < 4.78 is 11.1. The van der Waals surface area contributed by atoms with E-state index in [1.807, 2.05) is 27.0 Å². The molecule has 0 aromatic heterocycles. The molecule has 0 radical (unpaired) electrons. The van der Waals surface area contributed by atoms with Crippen molar-refractivity contribution in [1.82, 2.24) is 5.32 Å². The summed E-state index contributed by atoms with van der Waals surface area (Å²) in [6, 6.07) is 3.53. The lowest BCUT2D eigenvalue weighted by Crippen LogP contribution is -2.13. The van der Waals surface area contributed by atoms with Gasteiger partial charge in [-0.3, -0.25) is 0 Å². The minimum Gasteiger partial charge on any atom is -0.489 e. The van der Waals surface area contributed by atoms with Crippen LogP contribution in [0, 0.1) is 0 Å². The van der Waals surface area contributed by atoms with Crippen LogP contribution in [0.25, 0.3) is 0 Å². The third-order valence-corrected chi connectivity index (χ3v) is 2.73. The maximum absolute atomic E-state index is 6.13. The monoisotopic (exact) mass is 291 g/mol. The first-order chi connectivity index (χ1) is 8.54. The van der Waals surface area contributed by atoms with Crippen LogP contribution >= 0.6 is 23.2 Å². The molecule has 0 saturated heterocycles. The average Bonchev–Trinajstić information content (AvgIpc) is 2.26. The fraction of sp³-hybridized carbons (Fsp3) is 0.538. The Kier molecular flexibility index (Phi) is 6.79. The molecule has 0 aliphatic carbocycles. The Balaban J connectivity index is 2.67. The highest BCUT2D eigenvalue weighted by Crippen LogP contribution is 2.32. The van der Waals surface area contributed by atoms with Gasteiger partial charge in [0.05, 0.1) is 17.7 Å². The van der Waals surface area contributed by atoms with Gasteiger partial charge in [0.2, 0.25) is 0 Å². The Morgan fingerprint density at radius 2 is 1.94 bits per heavy atom. The first-order valence-electron chi connectivity index (χ1n) is 5.91. The molecule has 0 aliphatic heterocycles. The zero-order valence-corrected chi connectivity index (χ0v) is 12.4. The van der Waals surface area contributed by atoms with Gasteiger partial charge in [-0.1, -0.05) is 23.2 Å². The van der Waals surface area contributed by atoms with Crippen molar-refractivity contribution in [2.24, 2.45) is 0 Å². The van der Waals surface area contributed by atoms with Crippen LogP contribution in [0.3, 0.4) is 0 Å². The van der Waals surface area contributed by atoms with Gasteiger partial charge >= 0.3 is 0 Å². The lowest BCUT2D eigenvalue weighted by molar-refractivity contribution is 0.0551. The van der Waals surface area contributed by atoms with Crippen LogP contribution in [0.4, 0.5) is 0 Å². The number of hydrogen-bond donors (Lipinski definition) is 1. The molecule has 1 aromatic carbocycles. The highest BCUT2D eigenvalue weighted by Gasteiger charge is 2.10. The minimum atomic E-state index is 0.200. The van der Waals surface area contributed by atoms with Crippen molar-refractivity contribution < 1.29 is 9.47 Å². The van der Waals surface area contributed by atoms with Crippen molar-refractivity contribution in [3.8, 4) is 5.75 Å². The van der Waals surface area contributed by atoms with E-state index < -0.39 is 0 Å². The summed E-state index contributed by atoms with van der Waals surface area (Å²) in [5.74, 6) is 0.669. The zero-order chi connectivity index (χ0) is 13.5. The molecule has 0 amide bonds. The van der Waals surface area contributed by atoms with E-state index in [4.69, 9.17) is 32.7 Å². The molecule has 0 unspecified atom stereocenters. The predicted molar refractivity (Wildman–Crippen MR) is 75.8 cm³/mol. The smallest absolute Gasteiger partial charge is 0.142 e. The van der Waals surface area contributed by atoms with E-state index in [9.17, 15) is 0 Å². The number of benzene rings is 1. The quantitative estimate of drug-likeness (QED) is 0.780. The summed E-state index contributed by atoms with van der Waals surface area (Å²) >= 11 is 12.1. The summed E-state index contributed by atoms with van der Waals surface area (Å²) in [5, 5.41) is 4.19. The molecule has 18 heavy (non-hydrogen) atoms. The number of nitrogens with one attached hydrogen (secondary N) is 1. The van der Waals surface area contributed by atoms with Crippen LogP contribution in [0.1, 0.15) is 19.4 Å². The normalized spacial score (nSPS) is 11.0. The Morgan fingerprint density at radius 3 is 2.56 bits per heavy atom. The van der Waals surface area contributed by atoms with Crippen molar-refractivity contribution in [1.29, 1.82) is 0 Å². The maximum atomic E-state index is 6.13. The molecule has 0 bridgehead atoms. The van der Waals surface area contributed by atoms with Gasteiger partial charge in [0.25, 0.3) is 0 Å². The highest BCUT2D eigenvalue weighted by molar-refractivity contribution is 6.35. The van der Waals surface area contributed by atoms with Gasteiger partial charge in [-0.2, -0.15) is 0 Å². The SMILES string of the molecule is CNCc1cc(Cl)cc(Cl)c1OCCOC(C)C. The maximum Gasteiger partial charge on any atom is 0.142 e. The van der Waals surface area contributed by atoms with Gasteiger partial charge in [-0.15, -0.1) is 0 Å². The van der Waals surface area contributed by atoms with Gasteiger partial charge in [0, 0.05) is 17.1 Å². The molecule has 0 atom stereocenters. The standard InChI is InChI=1S/C13H19Cl2NO2/c1-9(2)17-4-5-18-13-10(8-16-3)6-11(14)7-12(13)15/h6-7,9,16H,4-5,8H2,1-3H3. The zero-order valence-electron chi connectivity index (χ0n) is 10.9. The average molecular weight is 292 g/mol. The van der Waals surface area contributed by atoms with Crippen LogP contribution in [0.5, 0.6) is 5.75 Å². The molecule has 0 fully saturated rings. The first-order valence-corrected chi connectivity index (χ1v) is 6.67. The lowest BCUT2D eigenvalue weighted by atomic mass is 10.2. The second kappa shape index (κ2) is 7.85. The first kappa shape index (κ1) is 15.6. The molecule has 3 nitrogen and oxygen atoms in total. The Bertz CT molecular complexity index is 383. The molecule has 0 spiro atoms. The van der Waals surface area contributed by atoms with Gasteiger partial charge in [0.15, 0.2) is 0 Å². The molecule has 0 heterocycles. The molecule has 1 rings (SSSR count). The fourth-order valence-corrected chi connectivity index (χ4v) is 2.11. The summed E-state index contributed by atoms with van der Waals surface area (Å²) in [4.78, 5) is 0. The van der Waals surface area contributed by atoms with Crippen molar-refractivity contribution in [2.45, 2.75) is 26.5 Å². The molecule has 102 valence electrons. The minimum absolute atomic E-state index is 0.200. The molecular formula is C13H19Cl2NO2. The molecule has 0 aliphatic rings. The van der Waals surface area contributed by atoms with Crippen LogP contribution in [-0.2, 0) is 11.3 Å². The van der Waals surface area contributed by atoms with E-state index >= 15 is 0 Å². The largest absolute Gasteiger partial charge is 0.489 e. The summed E-state index contributed by atoms with van der Waals surface area (Å²) in [5.41, 5.74) is 0.944. The van der Waals surface area contributed by atoms with Crippen LogP contribution < -0.4 is 10.1 Å². The molecule has 1 aromatic rings. The van der Waals surface area contributed by atoms with Gasteiger partial charge in [-0.05, 0) is 33.0 Å². The van der Waals surface area contributed by atoms with Gasteiger partial charge in [-0.25, -0.2) is 0 Å². The molecule has 5 heteroatoms. The summed E-state index contributed by atoms with van der Waals surface area (Å²) in [6.45, 7) is 5.63. The second-order valence-electron chi connectivity index (χ2n) is 4.17. The van der Waals surface area contributed by atoms with E-state index in [0.29, 0.717) is 35.6 Å². The molecular weight excluding hydrogens is 273 g/mol. The van der Waals surface area contributed by atoms with Crippen molar-refractivity contribution in [3.05, 3.63) is 27.7 Å². The highest BCUT2D eigenvalue weighted by atomic mass is 35.5. The predicted octanol–water partition coefficient (Wildman–Crippen LogP) is 3.52. The van der Waals surface area contributed by atoms with E-state index in [-0.39, 0.29) is 6.10 Å². The Hall–Kier alpha value is -0.480. The number of ether oxygens (including phenoxy) is 2. The Morgan fingerprint density at radius 1 is 1.22 bits per heavy atom.